The van der Waals surface area contributed by atoms with Crippen molar-refractivity contribution in [2.75, 3.05) is 26.8 Å². The third-order valence-electron chi connectivity index (χ3n) is 4.23. The van der Waals surface area contributed by atoms with E-state index in [4.69, 9.17) is 4.74 Å². The Kier molecular flexibility index (Phi) is 4.83. The summed E-state index contributed by atoms with van der Waals surface area (Å²) in [6.07, 6.45) is 2.25. The topological polar surface area (TPSA) is 41.5 Å². The van der Waals surface area contributed by atoms with E-state index in [0.29, 0.717) is 5.92 Å². The third kappa shape index (κ3) is 3.10. The number of aliphatic hydroxyl groups excluding tert-OH is 1. The summed E-state index contributed by atoms with van der Waals surface area (Å²) in [5.41, 5.74) is 3.64. The van der Waals surface area contributed by atoms with Gasteiger partial charge in [0.25, 0.3) is 0 Å². The highest BCUT2D eigenvalue weighted by Gasteiger charge is 2.28. The van der Waals surface area contributed by atoms with E-state index in [1.165, 1.54) is 16.7 Å². The van der Waals surface area contributed by atoms with Gasteiger partial charge in [0, 0.05) is 11.5 Å². The lowest BCUT2D eigenvalue weighted by atomic mass is 9.79. The number of hydrogen-bond acceptors (Lipinski definition) is 3. The Labute approximate surface area is 116 Å². The Morgan fingerprint density at radius 3 is 2.58 bits per heavy atom. The molecule has 3 nitrogen and oxygen atoms in total. The minimum Gasteiger partial charge on any atom is -0.496 e. The lowest BCUT2D eigenvalue weighted by Gasteiger charge is -2.31. The van der Waals surface area contributed by atoms with Crippen LogP contribution < -0.4 is 10.1 Å². The van der Waals surface area contributed by atoms with E-state index < -0.39 is 0 Å². The number of aryl methyl sites for hydroxylation is 2. The lowest BCUT2D eigenvalue weighted by molar-refractivity contribution is 0.198. The maximum absolute atomic E-state index is 9.87. The van der Waals surface area contributed by atoms with Gasteiger partial charge in [0.2, 0.25) is 0 Å². The van der Waals surface area contributed by atoms with Gasteiger partial charge in [-0.1, -0.05) is 6.07 Å². The summed E-state index contributed by atoms with van der Waals surface area (Å²) in [6.45, 7) is 6.50. The number of benzene rings is 1. The van der Waals surface area contributed by atoms with Crippen LogP contribution >= 0.6 is 0 Å². The molecule has 0 spiro atoms. The maximum atomic E-state index is 9.87. The van der Waals surface area contributed by atoms with Crippen LogP contribution in [0.5, 0.6) is 5.75 Å². The molecular weight excluding hydrogens is 238 g/mol. The van der Waals surface area contributed by atoms with Crippen LogP contribution in [0.3, 0.4) is 0 Å². The number of aliphatic hydroxyl groups is 1. The van der Waals surface area contributed by atoms with Crippen LogP contribution in [0.25, 0.3) is 0 Å². The maximum Gasteiger partial charge on any atom is 0.122 e. The Morgan fingerprint density at radius 1 is 1.32 bits per heavy atom. The van der Waals surface area contributed by atoms with Gasteiger partial charge >= 0.3 is 0 Å². The molecule has 1 saturated heterocycles. The van der Waals surface area contributed by atoms with Crippen molar-refractivity contribution >= 4 is 0 Å². The molecular formula is C16H25NO2. The Morgan fingerprint density at radius 2 is 2.00 bits per heavy atom. The van der Waals surface area contributed by atoms with Crippen molar-refractivity contribution in [3.63, 3.8) is 0 Å². The van der Waals surface area contributed by atoms with Crippen molar-refractivity contribution in [1.82, 2.24) is 5.32 Å². The lowest BCUT2D eigenvalue weighted by Crippen LogP contribution is -2.32. The number of rotatable bonds is 4. The Balaban J connectivity index is 2.36. The number of methoxy groups -OCH3 is 1. The number of hydrogen-bond donors (Lipinski definition) is 2. The van der Waals surface area contributed by atoms with Gasteiger partial charge in [-0.05, 0) is 62.9 Å². The first-order valence-corrected chi connectivity index (χ1v) is 7.14. The van der Waals surface area contributed by atoms with E-state index in [1.807, 2.05) is 0 Å². The molecule has 0 saturated carbocycles. The zero-order chi connectivity index (χ0) is 13.8. The van der Waals surface area contributed by atoms with E-state index >= 15 is 0 Å². The summed E-state index contributed by atoms with van der Waals surface area (Å²) in [5, 5.41) is 13.3. The van der Waals surface area contributed by atoms with Crippen LogP contribution in [0.4, 0.5) is 0 Å². The van der Waals surface area contributed by atoms with Gasteiger partial charge in [-0.3, -0.25) is 0 Å². The zero-order valence-electron chi connectivity index (χ0n) is 12.2. The Hall–Kier alpha value is -1.06. The molecule has 2 rings (SSSR count). The second kappa shape index (κ2) is 6.40. The van der Waals surface area contributed by atoms with Crippen LogP contribution in [0.1, 0.15) is 35.4 Å². The first-order chi connectivity index (χ1) is 9.17. The summed E-state index contributed by atoms with van der Waals surface area (Å²) >= 11 is 0. The minimum absolute atomic E-state index is 0.192. The molecule has 1 aliphatic rings. The predicted octanol–water partition coefficient (Wildman–Crippen LogP) is 2.39. The molecule has 1 fully saturated rings. The van der Waals surface area contributed by atoms with E-state index in [1.54, 1.807) is 7.11 Å². The minimum atomic E-state index is 0.192. The monoisotopic (exact) mass is 263 g/mol. The zero-order valence-corrected chi connectivity index (χ0v) is 12.2. The molecule has 1 aromatic rings. The summed E-state index contributed by atoms with van der Waals surface area (Å²) < 4.78 is 5.55. The second-order valence-electron chi connectivity index (χ2n) is 5.57. The molecule has 1 aliphatic heterocycles. The van der Waals surface area contributed by atoms with Crippen molar-refractivity contribution in [1.29, 1.82) is 0 Å². The van der Waals surface area contributed by atoms with Gasteiger partial charge in [0.1, 0.15) is 5.75 Å². The highest BCUT2D eigenvalue weighted by molar-refractivity contribution is 5.45. The summed E-state index contributed by atoms with van der Waals surface area (Å²) in [4.78, 5) is 0. The first kappa shape index (κ1) is 14.4. The summed E-state index contributed by atoms with van der Waals surface area (Å²) in [6, 6.07) is 4.26. The fraction of sp³-hybridized carbons (Fsp3) is 0.625. The smallest absolute Gasteiger partial charge is 0.122 e. The van der Waals surface area contributed by atoms with E-state index in [2.05, 4.69) is 31.3 Å². The Bertz CT molecular complexity index is 425. The molecule has 0 radical (unpaired) electrons. The SMILES string of the molecule is COc1cc(C)cc(C)c1C(CO)C1CCNCC1. The quantitative estimate of drug-likeness (QED) is 0.876. The van der Waals surface area contributed by atoms with Gasteiger partial charge in [0.15, 0.2) is 0 Å². The van der Waals surface area contributed by atoms with E-state index in [0.717, 1.165) is 31.7 Å². The van der Waals surface area contributed by atoms with Gasteiger partial charge in [-0.25, -0.2) is 0 Å². The number of nitrogens with one attached hydrogen (secondary N) is 1. The normalized spacial score (nSPS) is 18.3. The predicted molar refractivity (Wildman–Crippen MR) is 77.9 cm³/mol. The van der Waals surface area contributed by atoms with Crippen LogP contribution in [0.2, 0.25) is 0 Å². The molecule has 1 unspecified atom stereocenters. The van der Waals surface area contributed by atoms with Crippen molar-refractivity contribution in [3.05, 3.63) is 28.8 Å². The fourth-order valence-electron chi connectivity index (χ4n) is 3.31. The molecule has 3 heteroatoms. The molecule has 1 heterocycles. The molecule has 2 N–H and O–H groups in total. The van der Waals surface area contributed by atoms with Gasteiger partial charge in [-0.15, -0.1) is 0 Å². The van der Waals surface area contributed by atoms with Crippen molar-refractivity contribution in [3.8, 4) is 5.75 Å². The van der Waals surface area contributed by atoms with E-state index in [-0.39, 0.29) is 12.5 Å². The molecule has 1 atom stereocenters. The highest BCUT2D eigenvalue weighted by atomic mass is 16.5. The largest absolute Gasteiger partial charge is 0.496 e. The summed E-state index contributed by atoms with van der Waals surface area (Å²) in [7, 11) is 1.72. The second-order valence-corrected chi connectivity index (χ2v) is 5.57. The van der Waals surface area contributed by atoms with Gasteiger partial charge in [-0.2, -0.15) is 0 Å². The molecule has 106 valence electrons. The van der Waals surface area contributed by atoms with Crippen molar-refractivity contribution < 1.29 is 9.84 Å². The average Bonchev–Trinajstić information content (AvgIpc) is 2.42. The molecule has 0 bridgehead atoms. The number of ether oxygens (including phenoxy) is 1. The van der Waals surface area contributed by atoms with E-state index in [9.17, 15) is 5.11 Å². The third-order valence-corrected chi connectivity index (χ3v) is 4.23. The molecule has 0 aromatic heterocycles. The average molecular weight is 263 g/mol. The van der Waals surface area contributed by atoms with Gasteiger partial charge in [0.05, 0.1) is 13.7 Å². The summed E-state index contributed by atoms with van der Waals surface area (Å²) in [5.74, 6) is 1.66. The van der Waals surface area contributed by atoms with Crippen LogP contribution in [0.15, 0.2) is 12.1 Å². The van der Waals surface area contributed by atoms with Crippen LogP contribution in [-0.2, 0) is 0 Å². The van der Waals surface area contributed by atoms with Crippen molar-refractivity contribution in [2.45, 2.75) is 32.6 Å². The highest BCUT2D eigenvalue weighted by Crippen LogP contribution is 2.38. The molecule has 0 amide bonds. The first-order valence-electron chi connectivity index (χ1n) is 7.14. The van der Waals surface area contributed by atoms with Crippen molar-refractivity contribution in [2.24, 2.45) is 5.92 Å². The molecule has 1 aromatic carbocycles. The van der Waals surface area contributed by atoms with Crippen LogP contribution in [-0.4, -0.2) is 31.9 Å². The molecule has 19 heavy (non-hydrogen) atoms. The molecule has 0 aliphatic carbocycles. The standard InChI is InChI=1S/C16H25NO2/c1-11-8-12(2)16(15(9-11)19-3)14(10-18)13-4-6-17-7-5-13/h8-9,13-14,17-18H,4-7,10H2,1-3H3. The number of piperidine rings is 1. The van der Waals surface area contributed by atoms with Crippen LogP contribution in [0, 0.1) is 19.8 Å². The van der Waals surface area contributed by atoms with Gasteiger partial charge < -0.3 is 15.2 Å². The fourth-order valence-corrected chi connectivity index (χ4v) is 3.31.